The summed E-state index contributed by atoms with van der Waals surface area (Å²) >= 11 is 5.22. The van der Waals surface area contributed by atoms with Crippen molar-refractivity contribution in [2.45, 2.75) is 38.1 Å². The van der Waals surface area contributed by atoms with Crippen molar-refractivity contribution >= 4 is 27.3 Å². The summed E-state index contributed by atoms with van der Waals surface area (Å²) in [5, 5.41) is 11.4. The molecular weight excluding hydrogens is 328 g/mol. The van der Waals surface area contributed by atoms with E-state index in [0.29, 0.717) is 0 Å². The Hall–Kier alpha value is 0.0200. The minimum atomic E-state index is -0.117. The van der Waals surface area contributed by atoms with Crippen LogP contribution in [0.25, 0.3) is 0 Å². The topological polar surface area (TPSA) is 58.7 Å². The molecule has 0 spiro atoms. The second kappa shape index (κ2) is 6.65. The third kappa shape index (κ3) is 3.77. The van der Waals surface area contributed by atoms with Crippen LogP contribution in [-0.2, 0) is 4.74 Å². The molecule has 2 heterocycles. The third-order valence-electron chi connectivity index (χ3n) is 3.33. The molecule has 0 bridgehead atoms. The van der Waals surface area contributed by atoms with E-state index in [4.69, 9.17) is 10.5 Å². The van der Waals surface area contributed by atoms with Crippen LogP contribution in [0.4, 0.5) is 0 Å². The molecule has 1 aliphatic heterocycles. The van der Waals surface area contributed by atoms with Crippen LogP contribution in [0.1, 0.15) is 24.8 Å². The number of hydrogen-bond donors (Lipinski definition) is 2. The van der Waals surface area contributed by atoms with Gasteiger partial charge in [-0.05, 0) is 35.8 Å². The summed E-state index contributed by atoms with van der Waals surface area (Å²) in [7, 11) is 0. The monoisotopic (exact) mass is 348 g/mol. The molecule has 1 fully saturated rings. The molecule has 0 aliphatic carbocycles. The van der Waals surface area contributed by atoms with Gasteiger partial charge in [0.25, 0.3) is 0 Å². The highest BCUT2D eigenvalue weighted by Gasteiger charge is 2.32. The first-order valence-corrected chi connectivity index (χ1v) is 8.18. The van der Waals surface area contributed by atoms with Crippen molar-refractivity contribution in [3.05, 3.63) is 20.8 Å². The maximum absolute atomic E-state index is 9.33. The molecular formula is C13H21BrN2O2S. The van der Waals surface area contributed by atoms with Gasteiger partial charge >= 0.3 is 0 Å². The molecule has 1 saturated heterocycles. The van der Waals surface area contributed by atoms with Crippen LogP contribution in [0.3, 0.4) is 0 Å². The second-order valence-electron chi connectivity index (χ2n) is 5.18. The second-order valence-corrected chi connectivity index (χ2v) is 7.03. The first-order chi connectivity index (χ1) is 9.01. The average molecular weight is 349 g/mol. The number of hydrogen-bond acceptors (Lipinski definition) is 5. The molecule has 1 aromatic rings. The van der Waals surface area contributed by atoms with Crippen molar-refractivity contribution < 1.29 is 9.84 Å². The highest BCUT2D eigenvalue weighted by Crippen LogP contribution is 2.33. The minimum Gasteiger partial charge on any atom is -0.394 e. The number of nitrogens with two attached hydrogens (primary N) is 1. The van der Waals surface area contributed by atoms with Gasteiger partial charge in [0.15, 0.2) is 0 Å². The van der Waals surface area contributed by atoms with Crippen molar-refractivity contribution in [3.63, 3.8) is 0 Å². The van der Waals surface area contributed by atoms with Crippen LogP contribution in [0.15, 0.2) is 15.9 Å². The first kappa shape index (κ1) is 15.4. The Morgan fingerprint density at radius 2 is 2.37 bits per heavy atom. The van der Waals surface area contributed by atoms with Gasteiger partial charge in [0.05, 0.1) is 24.9 Å². The van der Waals surface area contributed by atoms with Crippen molar-refractivity contribution in [1.82, 2.24) is 4.90 Å². The largest absolute Gasteiger partial charge is 0.394 e. The van der Waals surface area contributed by atoms with E-state index in [-0.39, 0.29) is 30.9 Å². The van der Waals surface area contributed by atoms with Gasteiger partial charge in [-0.25, -0.2) is 0 Å². The van der Waals surface area contributed by atoms with Crippen LogP contribution >= 0.6 is 27.3 Å². The Labute approximate surface area is 126 Å². The molecule has 3 N–H and O–H groups in total. The molecule has 4 unspecified atom stereocenters. The van der Waals surface area contributed by atoms with E-state index < -0.39 is 0 Å². The first-order valence-electron chi connectivity index (χ1n) is 6.51. The number of nitrogens with zero attached hydrogens (tertiary/aromatic N) is 1. The quantitative estimate of drug-likeness (QED) is 0.873. The zero-order valence-corrected chi connectivity index (χ0v) is 13.7. The van der Waals surface area contributed by atoms with E-state index in [1.807, 2.05) is 13.8 Å². The molecule has 0 saturated carbocycles. The molecule has 6 heteroatoms. The predicted molar refractivity (Wildman–Crippen MR) is 81.4 cm³/mol. The minimum absolute atomic E-state index is 0.0372. The molecule has 0 aromatic carbocycles. The number of ether oxygens (including phenoxy) is 1. The van der Waals surface area contributed by atoms with E-state index in [1.165, 1.54) is 4.88 Å². The fourth-order valence-electron chi connectivity index (χ4n) is 2.66. The Morgan fingerprint density at radius 1 is 1.63 bits per heavy atom. The maximum Gasteiger partial charge on any atom is 0.0936 e. The highest BCUT2D eigenvalue weighted by molar-refractivity contribution is 9.10. The summed E-state index contributed by atoms with van der Waals surface area (Å²) in [6, 6.07) is 2.35. The number of morpholine rings is 1. The van der Waals surface area contributed by atoms with Crippen molar-refractivity contribution in [2.24, 2.45) is 5.73 Å². The lowest BCUT2D eigenvalue weighted by molar-refractivity contribution is -0.107. The molecule has 4 nitrogen and oxygen atoms in total. The van der Waals surface area contributed by atoms with E-state index in [0.717, 1.165) is 17.6 Å². The standard InChI is InChI=1S/C13H21BrN2O2S/c1-8-4-16(5-11(6-17)18-8)13(9(2)15)12-3-10(14)7-19-12/h3,7-9,11,13,17H,4-6,15H2,1-2H3. The lowest BCUT2D eigenvalue weighted by Crippen LogP contribution is -2.52. The Bertz CT molecular complexity index is 413. The summed E-state index contributed by atoms with van der Waals surface area (Å²) in [6.07, 6.45) is 0.00366. The van der Waals surface area contributed by atoms with E-state index in [1.54, 1.807) is 11.3 Å². The van der Waals surface area contributed by atoms with Crippen molar-refractivity contribution in [1.29, 1.82) is 0 Å². The van der Waals surface area contributed by atoms with E-state index in [2.05, 4.69) is 32.3 Å². The van der Waals surface area contributed by atoms with Gasteiger partial charge in [-0.1, -0.05) is 0 Å². The van der Waals surface area contributed by atoms with Crippen LogP contribution in [-0.4, -0.2) is 48.0 Å². The van der Waals surface area contributed by atoms with Gasteiger partial charge < -0.3 is 15.6 Å². The summed E-state index contributed by atoms with van der Waals surface area (Å²) in [5.74, 6) is 0. The van der Waals surface area contributed by atoms with Gasteiger partial charge in [0.1, 0.15) is 0 Å². The molecule has 108 valence electrons. The van der Waals surface area contributed by atoms with Gasteiger partial charge in [0, 0.05) is 33.9 Å². The number of thiophene rings is 1. The van der Waals surface area contributed by atoms with Gasteiger partial charge in [-0.2, -0.15) is 0 Å². The Balaban J connectivity index is 2.19. The average Bonchev–Trinajstić information content (AvgIpc) is 2.74. The fraction of sp³-hybridized carbons (Fsp3) is 0.692. The smallest absolute Gasteiger partial charge is 0.0936 e. The molecule has 19 heavy (non-hydrogen) atoms. The van der Waals surface area contributed by atoms with Gasteiger partial charge in [-0.3, -0.25) is 4.90 Å². The lowest BCUT2D eigenvalue weighted by atomic mass is 10.0. The number of aliphatic hydroxyl groups excluding tert-OH is 1. The van der Waals surface area contributed by atoms with Crippen LogP contribution in [0.5, 0.6) is 0 Å². The zero-order chi connectivity index (χ0) is 14.0. The lowest BCUT2D eigenvalue weighted by Gasteiger charge is -2.41. The zero-order valence-electron chi connectivity index (χ0n) is 11.3. The maximum atomic E-state index is 9.33. The van der Waals surface area contributed by atoms with Gasteiger partial charge in [0.2, 0.25) is 0 Å². The van der Waals surface area contributed by atoms with E-state index >= 15 is 0 Å². The van der Waals surface area contributed by atoms with Crippen LogP contribution in [0, 0.1) is 0 Å². The fourth-order valence-corrected chi connectivity index (χ4v) is 4.36. The number of rotatable bonds is 4. The predicted octanol–water partition coefficient (Wildman–Crippen LogP) is 1.98. The summed E-state index contributed by atoms with van der Waals surface area (Å²) in [5.41, 5.74) is 6.19. The molecule has 1 aliphatic rings. The van der Waals surface area contributed by atoms with E-state index in [9.17, 15) is 5.11 Å². The van der Waals surface area contributed by atoms with Crippen LogP contribution < -0.4 is 5.73 Å². The molecule has 4 atom stereocenters. The normalized spacial score (nSPS) is 28.3. The number of halogens is 1. The van der Waals surface area contributed by atoms with Crippen LogP contribution in [0.2, 0.25) is 0 Å². The Kier molecular flexibility index (Phi) is 5.39. The SMILES string of the molecule is CC1CN(C(c2cc(Br)cs2)C(C)N)CC(CO)O1. The summed E-state index contributed by atoms with van der Waals surface area (Å²) in [4.78, 5) is 3.59. The summed E-state index contributed by atoms with van der Waals surface area (Å²) in [6.45, 7) is 5.70. The van der Waals surface area contributed by atoms with Gasteiger partial charge in [-0.15, -0.1) is 11.3 Å². The third-order valence-corrected chi connectivity index (χ3v) is 5.09. The summed E-state index contributed by atoms with van der Waals surface area (Å²) < 4.78 is 6.79. The van der Waals surface area contributed by atoms with Crippen molar-refractivity contribution in [2.75, 3.05) is 19.7 Å². The molecule has 2 rings (SSSR count). The van der Waals surface area contributed by atoms with Crippen molar-refractivity contribution in [3.8, 4) is 0 Å². The molecule has 1 aromatic heterocycles. The Morgan fingerprint density at radius 3 is 2.89 bits per heavy atom. The number of aliphatic hydroxyl groups is 1. The highest BCUT2D eigenvalue weighted by atomic mass is 79.9. The molecule has 0 amide bonds. The molecule has 0 radical (unpaired) electrons.